The molecule has 2 aromatic carbocycles. The first-order chi connectivity index (χ1) is 8.99. The van der Waals surface area contributed by atoms with Gasteiger partial charge < -0.3 is 5.73 Å². The molecule has 0 aliphatic carbocycles. The molecule has 0 amide bonds. The molecular formula is C16H17F2N. The zero-order chi connectivity index (χ0) is 14.0. The molecule has 0 spiro atoms. The van der Waals surface area contributed by atoms with Crippen LogP contribution in [-0.4, -0.2) is 0 Å². The molecule has 0 heterocycles. The molecule has 0 aliphatic heterocycles. The third-order valence-corrected chi connectivity index (χ3v) is 3.28. The quantitative estimate of drug-likeness (QED) is 0.893. The highest BCUT2D eigenvalue weighted by molar-refractivity contribution is 5.33. The Morgan fingerprint density at radius 3 is 2.21 bits per heavy atom. The molecule has 0 bridgehead atoms. The topological polar surface area (TPSA) is 26.0 Å². The number of hydrogen-bond donors (Lipinski definition) is 1. The van der Waals surface area contributed by atoms with E-state index in [0.29, 0.717) is 23.1 Å². The molecule has 0 saturated carbocycles. The molecule has 0 aliphatic rings. The normalized spacial score (nSPS) is 12.5. The highest BCUT2D eigenvalue weighted by atomic mass is 19.1. The van der Waals surface area contributed by atoms with E-state index in [1.807, 2.05) is 0 Å². The van der Waals surface area contributed by atoms with Crippen molar-refractivity contribution in [1.29, 1.82) is 0 Å². The molecule has 0 fully saturated rings. The lowest BCUT2D eigenvalue weighted by atomic mass is 9.96. The van der Waals surface area contributed by atoms with Crippen LogP contribution in [0.2, 0.25) is 0 Å². The lowest BCUT2D eigenvalue weighted by Crippen LogP contribution is -2.15. The average molecular weight is 261 g/mol. The Morgan fingerprint density at radius 1 is 1.05 bits per heavy atom. The number of nitrogens with two attached hydrogens (primary N) is 1. The van der Waals surface area contributed by atoms with E-state index < -0.39 is 0 Å². The molecule has 2 N–H and O–H groups in total. The molecule has 1 nitrogen and oxygen atoms in total. The Kier molecular flexibility index (Phi) is 3.96. The van der Waals surface area contributed by atoms with Crippen molar-refractivity contribution in [2.75, 3.05) is 0 Å². The van der Waals surface area contributed by atoms with Crippen molar-refractivity contribution in [3.63, 3.8) is 0 Å². The molecule has 100 valence electrons. The van der Waals surface area contributed by atoms with E-state index in [0.717, 1.165) is 5.56 Å². The van der Waals surface area contributed by atoms with E-state index in [1.165, 1.54) is 6.07 Å². The summed E-state index contributed by atoms with van der Waals surface area (Å²) in [5, 5.41) is 0. The van der Waals surface area contributed by atoms with Crippen molar-refractivity contribution in [2.24, 2.45) is 5.73 Å². The van der Waals surface area contributed by atoms with Gasteiger partial charge in [0.25, 0.3) is 0 Å². The van der Waals surface area contributed by atoms with Crippen molar-refractivity contribution in [1.82, 2.24) is 0 Å². The molecular weight excluding hydrogens is 244 g/mol. The van der Waals surface area contributed by atoms with Gasteiger partial charge in [0.15, 0.2) is 0 Å². The molecule has 1 unspecified atom stereocenters. The van der Waals surface area contributed by atoms with Crippen molar-refractivity contribution < 1.29 is 8.78 Å². The predicted octanol–water partition coefficient (Wildman–Crippen LogP) is 3.82. The third-order valence-electron chi connectivity index (χ3n) is 3.28. The van der Waals surface area contributed by atoms with Gasteiger partial charge in [-0.25, -0.2) is 8.78 Å². The van der Waals surface area contributed by atoms with Gasteiger partial charge in [-0.15, -0.1) is 0 Å². The fourth-order valence-corrected chi connectivity index (χ4v) is 2.21. The summed E-state index contributed by atoms with van der Waals surface area (Å²) >= 11 is 0. The maximum atomic E-state index is 13.6. The van der Waals surface area contributed by atoms with Crippen LogP contribution in [-0.2, 0) is 6.42 Å². The van der Waals surface area contributed by atoms with Crippen LogP contribution in [0.15, 0.2) is 36.4 Å². The second-order valence-electron chi connectivity index (χ2n) is 4.87. The van der Waals surface area contributed by atoms with Crippen LogP contribution in [0.5, 0.6) is 0 Å². The SMILES string of the molecule is Cc1cc(C(N)Cc2ccccc2F)cc(C)c1F. The van der Waals surface area contributed by atoms with Crippen LogP contribution in [0.1, 0.15) is 28.3 Å². The minimum absolute atomic E-state index is 0.207. The highest BCUT2D eigenvalue weighted by Crippen LogP contribution is 2.22. The summed E-state index contributed by atoms with van der Waals surface area (Å²) in [5.74, 6) is -0.463. The monoisotopic (exact) mass is 261 g/mol. The summed E-state index contributed by atoms with van der Waals surface area (Å²) < 4.78 is 27.1. The number of aryl methyl sites for hydroxylation is 2. The van der Waals surface area contributed by atoms with Gasteiger partial charge in [0, 0.05) is 6.04 Å². The minimum Gasteiger partial charge on any atom is -0.324 e. The van der Waals surface area contributed by atoms with Crippen molar-refractivity contribution in [2.45, 2.75) is 26.3 Å². The fourth-order valence-electron chi connectivity index (χ4n) is 2.21. The van der Waals surface area contributed by atoms with E-state index in [9.17, 15) is 8.78 Å². The standard InChI is InChI=1S/C16H17F2N/c1-10-7-13(8-11(2)16(10)18)15(19)9-12-5-3-4-6-14(12)17/h3-8,15H,9,19H2,1-2H3. The lowest BCUT2D eigenvalue weighted by Gasteiger charge is -2.15. The fraction of sp³-hybridized carbons (Fsp3) is 0.250. The zero-order valence-electron chi connectivity index (χ0n) is 11.1. The van der Waals surface area contributed by atoms with Crippen LogP contribution in [0.3, 0.4) is 0 Å². The third kappa shape index (κ3) is 2.99. The first-order valence-electron chi connectivity index (χ1n) is 6.24. The van der Waals surface area contributed by atoms with Crippen LogP contribution in [0, 0.1) is 25.5 Å². The summed E-state index contributed by atoms with van der Waals surface area (Å²) in [5.41, 5.74) is 8.64. The summed E-state index contributed by atoms with van der Waals surface area (Å²) in [6.45, 7) is 3.42. The second-order valence-corrected chi connectivity index (χ2v) is 4.87. The van der Waals surface area contributed by atoms with E-state index in [-0.39, 0.29) is 17.7 Å². The molecule has 19 heavy (non-hydrogen) atoms. The van der Waals surface area contributed by atoms with Gasteiger partial charge in [-0.2, -0.15) is 0 Å². The van der Waals surface area contributed by atoms with Gasteiger partial charge in [-0.05, 0) is 48.6 Å². The van der Waals surface area contributed by atoms with Crippen LogP contribution < -0.4 is 5.73 Å². The summed E-state index contributed by atoms with van der Waals surface area (Å²) in [6.07, 6.45) is 0.400. The second kappa shape index (κ2) is 5.49. The first-order valence-corrected chi connectivity index (χ1v) is 6.24. The van der Waals surface area contributed by atoms with Crippen molar-refractivity contribution >= 4 is 0 Å². The molecule has 0 aromatic heterocycles. The Balaban J connectivity index is 2.26. The van der Waals surface area contributed by atoms with Crippen LogP contribution in [0.25, 0.3) is 0 Å². The Hall–Kier alpha value is -1.74. The molecule has 0 radical (unpaired) electrons. The highest BCUT2D eigenvalue weighted by Gasteiger charge is 2.13. The van der Waals surface area contributed by atoms with Gasteiger partial charge in [-0.3, -0.25) is 0 Å². The van der Waals surface area contributed by atoms with Gasteiger partial charge in [0.1, 0.15) is 11.6 Å². The minimum atomic E-state index is -0.338. The maximum Gasteiger partial charge on any atom is 0.129 e. The van der Waals surface area contributed by atoms with Crippen molar-refractivity contribution in [3.05, 3.63) is 70.3 Å². The maximum absolute atomic E-state index is 13.6. The van der Waals surface area contributed by atoms with Crippen molar-refractivity contribution in [3.8, 4) is 0 Å². The Labute approximate surface area is 112 Å². The predicted molar refractivity (Wildman–Crippen MR) is 72.9 cm³/mol. The van der Waals surface area contributed by atoms with Gasteiger partial charge in [0.2, 0.25) is 0 Å². The smallest absolute Gasteiger partial charge is 0.129 e. The summed E-state index contributed by atoms with van der Waals surface area (Å²) in [4.78, 5) is 0. The summed E-state index contributed by atoms with van der Waals surface area (Å²) in [6, 6.07) is 9.70. The zero-order valence-corrected chi connectivity index (χ0v) is 11.1. The lowest BCUT2D eigenvalue weighted by molar-refractivity contribution is 0.589. The molecule has 2 rings (SSSR count). The van der Waals surface area contributed by atoms with Crippen LogP contribution >= 0.6 is 0 Å². The first kappa shape index (κ1) is 13.7. The number of rotatable bonds is 3. The number of halogens is 2. The van der Waals surface area contributed by atoms with Gasteiger partial charge in [-0.1, -0.05) is 30.3 Å². The number of hydrogen-bond acceptors (Lipinski definition) is 1. The number of benzene rings is 2. The molecule has 1 atom stereocenters. The van der Waals surface area contributed by atoms with Gasteiger partial charge in [0.05, 0.1) is 0 Å². The molecule has 0 saturated heterocycles. The molecule has 2 aromatic rings. The van der Waals surface area contributed by atoms with Crippen LogP contribution in [0.4, 0.5) is 8.78 Å². The van der Waals surface area contributed by atoms with E-state index in [4.69, 9.17) is 5.73 Å². The van der Waals surface area contributed by atoms with E-state index in [2.05, 4.69) is 0 Å². The largest absolute Gasteiger partial charge is 0.324 e. The Bertz CT molecular complexity index is 570. The van der Waals surface area contributed by atoms with E-state index in [1.54, 1.807) is 44.2 Å². The summed E-state index contributed by atoms with van der Waals surface area (Å²) in [7, 11) is 0. The van der Waals surface area contributed by atoms with Gasteiger partial charge >= 0.3 is 0 Å². The average Bonchev–Trinajstić information content (AvgIpc) is 2.38. The van der Waals surface area contributed by atoms with E-state index >= 15 is 0 Å². The Morgan fingerprint density at radius 2 is 1.63 bits per heavy atom. The molecule has 3 heteroatoms.